The highest BCUT2D eigenvalue weighted by Crippen LogP contribution is 2.23. The molecule has 0 bridgehead atoms. The van der Waals surface area contributed by atoms with Crippen molar-refractivity contribution in [3.63, 3.8) is 0 Å². The van der Waals surface area contributed by atoms with Gasteiger partial charge in [-0.05, 0) is 34.4 Å². The lowest BCUT2D eigenvalue weighted by Gasteiger charge is -2.19. The molecule has 0 N–H and O–H groups in total. The monoisotopic (exact) mass is 305 g/mol. The number of ether oxygens (including phenoxy) is 1. The van der Waals surface area contributed by atoms with Gasteiger partial charge in [-0.1, -0.05) is 6.92 Å². The normalized spacial score (nSPS) is 12.8. The van der Waals surface area contributed by atoms with Crippen molar-refractivity contribution in [2.45, 2.75) is 13.5 Å². The first-order chi connectivity index (χ1) is 7.54. The molecule has 90 valence electrons. The van der Waals surface area contributed by atoms with Gasteiger partial charge in [0.1, 0.15) is 0 Å². The Morgan fingerprint density at radius 3 is 2.88 bits per heavy atom. The minimum atomic E-state index is -0.155. The van der Waals surface area contributed by atoms with E-state index in [1.165, 1.54) is 12.0 Å². The van der Waals surface area contributed by atoms with Crippen LogP contribution < -0.4 is 0 Å². The molecule has 5 heteroatoms. The smallest absolute Gasteiger partial charge is 0.309 e. The average Bonchev–Trinajstić information content (AvgIpc) is 2.63. The predicted molar refractivity (Wildman–Crippen MR) is 69.5 cm³/mol. The number of nitrogens with zero attached hydrogens (tertiary/aromatic N) is 1. The van der Waals surface area contributed by atoms with Gasteiger partial charge >= 0.3 is 5.97 Å². The molecule has 1 aromatic heterocycles. The van der Waals surface area contributed by atoms with Crippen LogP contribution in [0.1, 0.15) is 11.8 Å². The molecule has 0 fully saturated rings. The van der Waals surface area contributed by atoms with E-state index in [0.29, 0.717) is 6.54 Å². The summed E-state index contributed by atoms with van der Waals surface area (Å²) in [5.41, 5.74) is 0. The van der Waals surface area contributed by atoms with E-state index < -0.39 is 0 Å². The minimum absolute atomic E-state index is 0.0891. The fourth-order valence-electron chi connectivity index (χ4n) is 1.49. The van der Waals surface area contributed by atoms with Gasteiger partial charge in [0.05, 0.1) is 13.0 Å². The molecule has 1 heterocycles. The van der Waals surface area contributed by atoms with E-state index in [1.807, 2.05) is 20.0 Å². The maximum atomic E-state index is 11.3. The molecule has 1 atom stereocenters. The number of carbonyl (C=O) groups is 1. The fraction of sp³-hybridized carbons (Fsp3) is 0.545. The molecule has 0 amide bonds. The van der Waals surface area contributed by atoms with Crippen LogP contribution in [0.4, 0.5) is 0 Å². The number of esters is 1. The summed E-state index contributed by atoms with van der Waals surface area (Å²) in [6.07, 6.45) is 0. The van der Waals surface area contributed by atoms with Crippen molar-refractivity contribution < 1.29 is 9.53 Å². The van der Waals surface area contributed by atoms with Gasteiger partial charge in [0.2, 0.25) is 0 Å². The molecule has 0 aliphatic heterocycles. The highest BCUT2D eigenvalue weighted by molar-refractivity contribution is 9.10. The van der Waals surface area contributed by atoms with Crippen molar-refractivity contribution in [3.05, 3.63) is 20.8 Å². The van der Waals surface area contributed by atoms with E-state index in [1.54, 1.807) is 11.3 Å². The average molecular weight is 306 g/mol. The van der Waals surface area contributed by atoms with E-state index in [-0.39, 0.29) is 11.9 Å². The quantitative estimate of drug-likeness (QED) is 0.784. The Hall–Kier alpha value is -0.390. The summed E-state index contributed by atoms with van der Waals surface area (Å²) < 4.78 is 5.83. The highest BCUT2D eigenvalue weighted by Gasteiger charge is 2.16. The summed E-state index contributed by atoms with van der Waals surface area (Å²) in [7, 11) is 3.43. The van der Waals surface area contributed by atoms with Crippen LogP contribution in [0.3, 0.4) is 0 Å². The number of methoxy groups -OCH3 is 1. The molecule has 1 rings (SSSR count). The van der Waals surface area contributed by atoms with Crippen LogP contribution in [0.25, 0.3) is 0 Å². The zero-order valence-corrected chi connectivity index (χ0v) is 12.1. The number of thiophene rings is 1. The second-order valence-electron chi connectivity index (χ2n) is 3.81. The van der Waals surface area contributed by atoms with Crippen LogP contribution in [0.2, 0.25) is 0 Å². The molecule has 1 unspecified atom stereocenters. The Morgan fingerprint density at radius 1 is 1.69 bits per heavy atom. The Labute approximate surface area is 109 Å². The summed E-state index contributed by atoms with van der Waals surface area (Å²) in [6.45, 7) is 3.43. The molecular weight excluding hydrogens is 290 g/mol. The number of halogens is 1. The second-order valence-corrected chi connectivity index (χ2v) is 5.67. The van der Waals surface area contributed by atoms with E-state index >= 15 is 0 Å². The van der Waals surface area contributed by atoms with E-state index in [0.717, 1.165) is 11.0 Å². The van der Waals surface area contributed by atoms with Crippen molar-refractivity contribution in [2.24, 2.45) is 5.92 Å². The number of hydrogen-bond acceptors (Lipinski definition) is 4. The van der Waals surface area contributed by atoms with Crippen LogP contribution in [-0.2, 0) is 16.1 Å². The molecule has 0 saturated carbocycles. The van der Waals surface area contributed by atoms with Crippen LogP contribution in [-0.4, -0.2) is 31.6 Å². The Bertz CT molecular complexity index is 354. The van der Waals surface area contributed by atoms with Gasteiger partial charge in [0.25, 0.3) is 0 Å². The SMILES string of the molecule is COC(=O)C(C)CN(C)Cc1sccc1Br. The molecule has 0 aromatic carbocycles. The van der Waals surface area contributed by atoms with E-state index in [9.17, 15) is 4.79 Å². The summed E-state index contributed by atoms with van der Waals surface area (Å²) in [6, 6.07) is 2.04. The van der Waals surface area contributed by atoms with Gasteiger partial charge < -0.3 is 9.64 Å². The van der Waals surface area contributed by atoms with Gasteiger partial charge in [-0.25, -0.2) is 0 Å². The van der Waals surface area contributed by atoms with Crippen LogP contribution >= 0.6 is 27.3 Å². The zero-order chi connectivity index (χ0) is 12.1. The molecule has 0 spiro atoms. The topological polar surface area (TPSA) is 29.5 Å². The van der Waals surface area contributed by atoms with Gasteiger partial charge in [0.15, 0.2) is 0 Å². The first-order valence-electron chi connectivity index (χ1n) is 5.02. The van der Waals surface area contributed by atoms with Crippen LogP contribution in [0, 0.1) is 5.92 Å². The molecule has 1 aromatic rings. The van der Waals surface area contributed by atoms with Crippen molar-refractivity contribution in [2.75, 3.05) is 20.7 Å². The van der Waals surface area contributed by atoms with Crippen LogP contribution in [0.15, 0.2) is 15.9 Å². The van der Waals surface area contributed by atoms with Gasteiger partial charge in [-0.2, -0.15) is 0 Å². The third kappa shape index (κ3) is 3.88. The standard InChI is InChI=1S/C11H16BrNO2S/c1-8(11(14)15-3)6-13(2)7-10-9(12)4-5-16-10/h4-5,8H,6-7H2,1-3H3. The highest BCUT2D eigenvalue weighted by atomic mass is 79.9. The fourth-order valence-corrected chi connectivity index (χ4v) is 3.05. The molecule has 0 aliphatic carbocycles. The van der Waals surface area contributed by atoms with Crippen molar-refractivity contribution in [1.29, 1.82) is 0 Å². The maximum Gasteiger partial charge on any atom is 0.309 e. The molecular formula is C11H16BrNO2S. The number of rotatable bonds is 5. The first-order valence-corrected chi connectivity index (χ1v) is 6.70. The lowest BCUT2D eigenvalue weighted by Crippen LogP contribution is -2.28. The third-order valence-corrected chi connectivity index (χ3v) is 4.20. The minimum Gasteiger partial charge on any atom is -0.469 e. The Balaban J connectivity index is 2.45. The zero-order valence-electron chi connectivity index (χ0n) is 9.70. The first kappa shape index (κ1) is 13.7. The summed E-state index contributed by atoms with van der Waals surface area (Å²) >= 11 is 5.21. The number of hydrogen-bond donors (Lipinski definition) is 0. The van der Waals surface area contributed by atoms with E-state index in [4.69, 9.17) is 4.74 Å². The summed E-state index contributed by atoms with van der Waals surface area (Å²) in [5, 5.41) is 2.05. The van der Waals surface area contributed by atoms with Gasteiger partial charge in [-0.3, -0.25) is 4.79 Å². The van der Waals surface area contributed by atoms with Gasteiger partial charge in [0, 0.05) is 22.4 Å². The molecule has 0 saturated heterocycles. The molecule has 16 heavy (non-hydrogen) atoms. The summed E-state index contributed by atoms with van der Waals surface area (Å²) in [4.78, 5) is 14.7. The lowest BCUT2D eigenvalue weighted by atomic mass is 10.2. The maximum absolute atomic E-state index is 11.3. The molecule has 0 aliphatic rings. The Morgan fingerprint density at radius 2 is 2.38 bits per heavy atom. The Kier molecular flexibility index (Phi) is 5.44. The third-order valence-electron chi connectivity index (χ3n) is 2.29. The second kappa shape index (κ2) is 6.37. The lowest BCUT2D eigenvalue weighted by molar-refractivity contribution is -0.145. The summed E-state index contributed by atoms with van der Waals surface area (Å²) in [5.74, 6) is -0.245. The number of carbonyl (C=O) groups excluding carboxylic acids is 1. The predicted octanol–water partition coefficient (Wildman–Crippen LogP) is 2.75. The van der Waals surface area contributed by atoms with Crippen molar-refractivity contribution in [1.82, 2.24) is 4.90 Å². The molecule has 0 radical (unpaired) electrons. The largest absolute Gasteiger partial charge is 0.469 e. The van der Waals surface area contributed by atoms with Gasteiger partial charge in [-0.15, -0.1) is 11.3 Å². The molecule has 3 nitrogen and oxygen atoms in total. The van der Waals surface area contributed by atoms with Crippen molar-refractivity contribution >= 4 is 33.2 Å². The van der Waals surface area contributed by atoms with Crippen LogP contribution in [0.5, 0.6) is 0 Å². The van der Waals surface area contributed by atoms with Crippen molar-refractivity contribution in [3.8, 4) is 0 Å². The van der Waals surface area contributed by atoms with E-state index in [2.05, 4.69) is 26.2 Å².